The Hall–Kier alpha value is 0.759. The van der Waals surface area contributed by atoms with Crippen molar-refractivity contribution in [3.63, 3.8) is 0 Å². The van der Waals surface area contributed by atoms with Crippen molar-refractivity contribution in [3.8, 4) is 0 Å². The van der Waals surface area contributed by atoms with Gasteiger partial charge in [-0.25, -0.2) is 0 Å². The Morgan fingerprint density at radius 1 is 1.60 bits per heavy atom. The summed E-state index contributed by atoms with van der Waals surface area (Å²) in [5.41, 5.74) is 5.16. The van der Waals surface area contributed by atoms with E-state index in [0.717, 1.165) is 6.54 Å². The summed E-state index contributed by atoms with van der Waals surface area (Å²) in [7, 11) is 0. The molecule has 0 aromatic rings. The van der Waals surface area contributed by atoms with E-state index >= 15 is 0 Å². The van der Waals surface area contributed by atoms with Crippen LogP contribution in [0.2, 0.25) is 4.44 Å². The quantitative estimate of drug-likeness (QED) is 0.574. The molecule has 0 bridgehead atoms. The van der Waals surface area contributed by atoms with E-state index in [9.17, 15) is 0 Å². The van der Waals surface area contributed by atoms with Gasteiger partial charge in [-0.05, 0) is 0 Å². The van der Waals surface area contributed by atoms with Gasteiger partial charge in [-0.15, -0.1) is 0 Å². The number of hydrogen-bond acceptors (Lipinski definition) is 1. The van der Waals surface area contributed by atoms with E-state index in [2.05, 4.69) is 0 Å². The molecule has 2 heteroatoms. The molecular weight excluding hydrogens is 169 g/mol. The van der Waals surface area contributed by atoms with Gasteiger partial charge in [-0.2, -0.15) is 0 Å². The molecule has 0 saturated heterocycles. The van der Waals surface area contributed by atoms with Gasteiger partial charge < -0.3 is 0 Å². The van der Waals surface area contributed by atoms with Crippen LogP contribution in [0.25, 0.3) is 0 Å². The van der Waals surface area contributed by atoms with Crippen molar-refractivity contribution in [2.75, 3.05) is 6.54 Å². The zero-order chi connectivity index (χ0) is 4.12. The summed E-state index contributed by atoms with van der Waals surface area (Å²) in [5.74, 6) is 0. The Morgan fingerprint density at radius 3 is 2.20 bits per heavy atom. The summed E-state index contributed by atoms with van der Waals surface area (Å²) < 4.78 is 1.35. The third-order valence-corrected chi connectivity index (χ3v) is 1.57. The molecule has 0 aliphatic heterocycles. The second kappa shape index (κ2) is 4.76. The van der Waals surface area contributed by atoms with E-state index in [-0.39, 0.29) is 0 Å². The Morgan fingerprint density at radius 2 is 2.20 bits per heavy atom. The van der Waals surface area contributed by atoms with Crippen LogP contribution < -0.4 is 5.73 Å². The third-order valence-electron chi connectivity index (χ3n) is 0.408. The number of nitrogens with two attached hydrogens (primary N) is 1. The van der Waals surface area contributed by atoms with Crippen molar-refractivity contribution in [2.45, 2.75) is 10.9 Å². The SMILES string of the molecule is NCC[CH2][SnH]. The Bertz CT molecular complexity index is 14.4. The van der Waals surface area contributed by atoms with E-state index in [1.165, 1.54) is 33.4 Å². The maximum atomic E-state index is 5.16. The average Bonchev–Trinajstić information content (AvgIpc) is 1.41. The molecule has 0 rings (SSSR count). The summed E-state index contributed by atoms with van der Waals surface area (Å²) in [6, 6.07) is 0. The second-order valence-electron chi connectivity index (χ2n) is 0.931. The van der Waals surface area contributed by atoms with Crippen LogP contribution in [0, 0.1) is 0 Å². The molecule has 30 valence electrons. The first-order valence-electron chi connectivity index (χ1n) is 1.82. The van der Waals surface area contributed by atoms with Gasteiger partial charge in [-0.3, -0.25) is 0 Å². The van der Waals surface area contributed by atoms with Crippen LogP contribution in [-0.4, -0.2) is 29.1 Å². The molecule has 0 spiro atoms. The molecule has 0 aliphatic rings. The van der Waals surface area contributed by atoms with Crippen LogP contribution in [0.15, 0.2) is 0 Å². The molecule has 0 aliphatic carbocycles. The van der Waals surface area contributed by atoms with Crippen molar-refractivity contribution < 1.29 is 0 Å². The second-order valence-corrected chi connectivity index (χ2v) is 2.58. The molecule has 0 unspecified atom stereocenters. The Labute approximate surface area is 46.0 Å². The predicted octanol–water partition coefficient (Wildman–Crippen LogP) is -0.346. The zero-order valence-electron chi connectivity index (χ0n) is 3.28. The molecule has 0 aromatic heterocycles. The molecule has 5 heavy (non-hydrogen) atoms. The molecule has 2 radical (unpaired) electrons. The first kappa shape index (κ1) is 5.76. The van der Waals surface area contributed by atoms with Crippen LogP contribution in [0.3, 0.4) is 0 Å². The van der Waals surface area contributed by atoms with Crippen molar-refractivity contribution in [1.82, 2.24) is 0 Å². The van der Waals surface area contributed by atoms with Crippen molar-refractivity contribution in [1.29, 1.82) is 0 Å². The van der Waals surface area contributed by atoms with E-state index < -0.39 is 0 Å². The first-order valence-corrected chi connectivity index (χ1v) is 4.15. The molecule has 0 fully saturated rings. The fourth-order valence-electron chi connectivity index (χ4n) is 0.118. The molecule has 0 heterocycles. The van der Waals surface area contributed by atoms with Crippen LogP contribution >= 0.6 is 0 Å². The standard InChI is InChI=1S/C3H8N.Sn.H/c1-2-3-4;;/h1-4H2;;. The Balaban J connectivity index is 2.19. The minimum atomic E-state index is 0.876. The van der Waals surface area contributed by atoms with Crippen molar-refractivity contribution >= 4 is 22.5 Å². The van der Waals surface area contributed by atoms with E-state index in [0.29, 0.717) is 0 Å². The first-order chi connectivity index (χ1) is 2.41. The van der Waals surface area contributed by atoms with Crippen LogP contribution in [0.5, 0.6) is 0 Å². The third kappa shape index (κ3) is 4.76. The van der Waals surface area contributed by atoms with E-state index in [1.54, 1.807) is 0 Å². The van der Waals surface area contributed by atoms with Crippen molar-refractivity contribution in [3.05, 3.63) is 0 Å². The van der Waals surface area contributed by atoms with E-state index in [1.807, 2.05) is 0 Å². The van der Waals surface area contributed by atoms with Crippen LogP contribution in [0.4, 0.5) is 0 Å². The van der Waals surface area contributed by atoms with Gasteiger partial charge in [0.05, 0.1) is 0 Å². The van der Waals surface area contributed by atoms with Crippen molar-refractivity contribution in [2.24, 2.45) is 5.73 Å². The monoisotopic (exact) mass is 179 g/mol. The van der Waals surface area contributed by atoms with Gasteiger partial charge >= 0.3 is 45.7 Å². The fraction of sp³-hybridized carbons (Fsp3) is 1.00. The summed E-state index contributed by atoms with van der Waals surface area (Å²) >= 11 is 1.37. The normalized spacial score (nSPS) is 8.40. The molecule has 0 aromatic carbocycles. The molecular formula is C3H9NSn. The molecule has 0 saturated carbocycles. The van der Waals surface area contributed by atoms with Crippen LogP contribution in [-0.2, 0) is 0 Å². The van der Waals surface area contributed by atoms with Gasteiger partial charge in [0.1, 0.15) is 0 Å². The summed E-state index contributed by atoms with van der Waals surface area (Å²) in [6.45, 7) is 0.876. The fourth-order valence-corrected chi connectivity index (χ4v) is 0.791. The summed E-state index contributed by atoms with van der Waals surface area (Å²) in [6.07, 6.45) is 1.22. The summed E-state index contributed by atoms with van der Waals surface area (Å²) in [4.78, 5) is 0. The molecule has 0 amide bonds. The topological polar surface area (TPSA) is 26.0 Å². The summed E-state index contributed by atoms with van der Waals surface area (Å²) in [5, 5.41) is 0. The minimum absolute atomic E-state index is 0.876. The van der Waals surface area contributed by atoms with E-state index in [4.69, 9.17) is 5.73 Å². The van der Waals surface area contributed by atoms with Gasteiger partial charge in [-0.1, -0.05) is 0 Å². The maximum absolute atomic E-state index is 5.16. The molecule has 2 N–H and O–H groups in total. The van der Waals surface area contributed by atoms with Gasteiger partial charge in [0.15, 0.2) is 0 Å². The van der Waals surface area contributed by atoms with Gasteiger partial charge in [0.25, 0.3) is 0 Å². The molecule has 1 nitrogen and oxygen atoms in total. The van der Waals surface area contributed by atoms with Crippen LogP contribution in [0.1, 0.15) is 6.42 Å². The zero-order valence-corrected chi connectivity index (χ0v) is 6.57. The molecule has 0 atom stereocenters. The van der Waals surface area contributed by atoms with Gasteiger partial charge in [0.2, 0.25) is 0 Å². The average molecular weight is 178 g/mol. The number of hydrogen-bond donors (Lipinski definition) is 1. The predicted molar refractivity (Wildman–Crippen MR) is 25.6 cm³/mol. The number of rotatable bonds is 2. The Kier molecular flexibility index (Phi) is 5.48. The van der Waals surface area contributed by atoms with Gasteiger partial charge in [0, 0.05) is 0 Å².